The Labute approximate surface area is 221 Å². The Morgan fingerprint density at radius 3 is 2.43 bits per heavy atom. The van der Waals surface area contributed by atoms with Crippen molar-refractivity contribution in [1.82, 2.24) is 4.90 Å². The highest BCUT2D eigenvalue weighted by atomic mass is 35.6. The summed E-state index contributed by atoms with van der Waals surface area (Å²) >= 11 is 17.1. The van der Waals surface area contributed by atoms with Crippen molar-refractivity contribution in [2.75, 3.05) is 25.0 Å². The molecule has 2 aromatic rings. The number of piperidine rings is 1. The third kappa shape index (κ3) is 6.89. The molecule has 190 valence electrons. The number of carbonyl (C=O) groups excluding carboxylic acids is 1. The summed E-state index contributed by atoms with van der Waals surface area (Å²) in [6.07, 6.45) is 2.81. The number of anilines is 1. The SMILES string of the molecule is C[C@@H]1[C@H](CN2CCCCC2)O[C@H](c2cccc(NC(=O)C(Cl)(Cl)Cl)c2)O[C@@H]1c1ccc(CO)cc1. The minimum atomic E-state index is -2.06. The standard InChI is InChI=1S/C26H31Cl3N2O4/c1-17-22(15-31-12-3-2-4-13-31)34-24(35-23(17)19-10-8-18(16-32)9-11-19)20-6-5-7-21(14-20)30-25(33)26(27,28)29/h5-11,14,17,22-24,32H,2-4,12-13,15-16H2,1H3,(H,30,33)/t17-,22+,23+,24+/m1/s1. The van der Waals surface area contributed by atoms with E-state index in [9.17, 15) is 9.90 Å². The Balaban J connectivity index is 1.59. The monoisotopic (exact) mass is 540 g/mol. The molecule has 4 atom stereocenters. The topological polar surface area (TPSA) is 71.0 Å². The molecule has 0 aromatic heterocycles. The first-order chi connectivity index (χ1) is 16.7. The van der Waals surface area contributed by atoms with Crippen LogP contribution in [0.15, 0.2) is 48.5 Å². The molecule has 0 spiro atoms. The van der Waals surface area contributed by atoms with Crippen LogP contribution in [0.5, 0.6) is 0 Å². The summed E-state index contributed by atoms with van der Waals surface area (Å²) in [5.41, 5.74) is 3.14. The van der Waals surface area contributed by atoms with Crippen LogP contribution in [-0.2, 0) is 20.9 Å². The van der Waals surface area contributed by atoms with E-state index in [1.807, 2.05) is 30.3 Å². The number of alkyl halides is 3. The Hall–Kier alpha value is -1.38. The summed E-state index contributed by atoms with van der Waals surface area (Å²) < 4.78 is 11.0. The lowest BCUT2D eigenvalue weighted by Gasteiger charge is -2.43. The zero-order valence-corrected chi connectivity index (χ0v) is 21.9. The summed E-state index contributed by atoms with van der Waals surface area (Å²) in [7, 11) is 0. The van der Waals surface area contributed by atoms with E-state index in [0.717, 1.165) is 36.3 Å². The van der Waals surface area contributed by atoms with Gasteiger partial charge in [0.2, 0.25) is 0 Å². The van der Waals surface area contributed by atoms with Gasteiger partial charge in [-0.25, -0.2) is 0 Å². The van der Waals surface area contributed by atoms with E-state index in [0.29, 0.717) is 5.69 Å². The zero-order valence-electron chi connectivity index (χ0n) is 19.6. The number of aliphatic hydroxyl groups is 1. The van der Waals surface area contributed by atoms with E-state index in [2.05, 4.69) is 17.1 Å². The zero-order chi connectivity index (χ0) is 25.0. The first-order valence-electron chi connectivity index (χ1n) is 12.0. The Morgan fingerprint density at radius 2 is 1.77 bits per heavy atom. The maximum absolute atomic E-state index is 12.1. The van der Waals surface area contributed by atoms with Crippen molar-refractivity contribution in [3.8, 4) is 0 Å². The van der Waals surface area contributed by atoms with Crippen LogP contribution < -0.4 is 5.32 Å². The van der Waals surface area contributed by atoms with Crippen LogP contribution in [0.3, 0.4) is 0 Å². The number of benzene rings is 2. The minimum Gasteiger partial charge on any atom is -0.392 e. The lowest BCUT2D eigenvalue weighted by atomic mass is 9.89. The number of likely N-dealkylation sites (tertiary alicyclic amines) is 1. The maximum Gasteiger partial charge on any atom is 0.276 e. The van der Waals surface area contributed by atoms with Gasteiger partial charge in [0.25, 0.3) is 9.70 Å². The molecule has 4 rings (SSSR count). The van der Waals surface area contributed by atoms with Crippen LogP contribution in [0.25, 0.3) is 0 Å². The third-order valence-corrected chi connectivity index (χ3v) is 7.20. The summed E-state index contributed by atoms with van der Waals surface area (Å²) in [6.45, 7) is 5.14. The number of hydrogen-bond donors (Lipinski definition) is 2. The molecule has 2 heterocycles. The van der Waals surface area contributed by atoms with Crippen molar-refractivity contribution in [3.63, 3.8) is 0 Å². The smallest absolute Gasteiger partial charge is 0.276 e. The highest BCUT2D eigenvalue weighted by molar-refractivity contribution is 6.76. The molecule has 9 heteroatoms. The largest absolute Gasteiger partial charge is 0.392 e. The van der Waals surface area contributed by atoms with Crippen molar-refractivity contribution < 1.29 is 19.4 Å². The summed E-state index contributed by atoms with van der Waals surface area (Å²) in [5, 5.41) is 12.1. The molecule has 2 aliphatic heterocycles. The number of nitrogens with one attached hydrogen (secondary N) is 1. The van der Waals surface area contributed by atoms with Gasteiger partial charge < -0.3 is 24.8 Å². The molecule has 2 N–H and O–H groups in total. The lowest BCUT2D eigenvalue weighted by Crippen LogP contribution is -2.45. The van der Waals surface area contributed by atoms with E-state index in [4.69, 9.17) is 44.3 Å². The van der Waals surface area contributed by atoms with Gasteiger partial charge in [-0.3, -0.25) is 4.79 Å². The highest BCUT2D eigenvalue weighted by Crippen LogP contribution is 2.42. The van der Waals surface area contributed by atoms with Gasteiger partial charge >= 0.3 is 0 Å². The Morgan fingerprint density at radius 1 is 1.06 bits per heavy atom. The molecule has 6 nitrogen and oxygen atoms in total. The molecule has 0 unspecified atom stereocenters. The lowest BCUT2D eigenvalue weighted by molar-refractivity contribution is -0.276. The molecule has 2 aliphatic rings. The van der Waals surface area contributed by atoms with Gasteiger partial charge in [0.15, 0.2) is 6.29 Å². The van der Waals surface area contributed by atoms with E-state index in [1.54, 1.807) is 18.2 Å². The number of amides is 1. The number of halogens is 3. The van der Waals surface area contributed by atoms with Gasteiger partial charge in [-0.1, -0.05) is 84.5 Å². The number of carbonyl (C=O) groups is 1. The fraction of sp³-hybridized carbons (Fsp3) is 0.500. The van der Waals surface area contributed by atoms with Crippen LogP contribution in [0.2, 0.25) is 0 Å². The fourth-order valence-electron chi connectivity index (χ4n) is 4.69. The molecule has 2 fully saturated rings. The number of ether oxygens (including phenoxy) is 2. The molecule has 1 amide bonds. The van der Waals surface area contributed by atoms with Crippen molar-refractivity contribution in [3.05, 3.63) is 65.2 Å². The van der Waals surface area contributed by atoms with Crippen LogP contribution in [-0.4, -0.2) is 45.4 Å². The van der Waals surface area contributed by atoms with Crippen LogP contribution in [0, 0.1) is 5.92 Å². The average molecular weight is 542 g/mol. The number of hydrogen-bond acceptors (Lipinski definition) is 5. The van der Waals surface area contributed by atoms with E-state index < -0.39 is 16.0 Å². The number of aliphatic hydroxyl groups excluding tert-OH is 1. The van der Waals surface area contributed by atoms with Crippen LogP contribution >= 0.6 is 34.8 Å². The predicted molar refractivity (Wildman–Crippen MR) is 139 cm³/mol. The van der Waals surface area contributed by atoms with Gasteiger partial charge in [-0.15, -0.1) is 0 Å². The van der Waals surface area contributed by atoms with Crippen molar-refractivity contribution in [2.45, 2.75) is 55.1 Å². The Bertz CT molecular complexity index is 993. The van der Waals surface area contributed by atoms with Crippen molar-refractivity contribution in [2.24, 2.45) is 5.92 Å². The molecular formula is C26H31Cl3N2O4. The number of nitrogens with zero attached hydrogens (tertiary/aromatic N) is 1. The van der Waals surface area contributed by atoms with Gasteiger partial charge in [-0.2, -0.15) is 0 Å². The normalized spacial score (nSPS) is 25.9. The fourth-order valence-corrected chi connectivity index (χ4v) is 4.83. The van der Waals surface area contributed by atoms with E-state index in [1.165, 1.54) is 19.3 Å². The maximum atomic E-state index is 12.1. The van der Waals surface area contributed by atoms with Crippen LogP contribution in [0.4, 0.5) is 5.69 Å². The molecule has 0 bridgehead atoms. The summed E-state index contributed by atoms with van der Waals surface area (Å²) in [6, 6.07) is 15.0. The second-order valence-electron chi connectivity index (χ2n) is 9.26. The van der Waals surface area contributed by atoms with E-state index >= 15 is 0 Å². The second-order valence-corrected chi connectivity index (χ2v) is 11.5. The summed E-state index contributed by atoms with van der Waals surface area (Å²) in [4.78, 5) is 14.6. The molecule has 35 heavy (non-hydrogen) atoms. The van der Waals surface area contributed by atoms with Gasteiger partial charge in [0.1, 0.15) is 0 Å². The van der Waals surface area contributed by atoms with Gasteiger partial charge in [-0.05, 0) is 49.2 Å². The number of rotatable bonds is 6. The third-order valence-electron chi connectivity index (χ3n) is 6.68. The first-order valence-corrected chi connectivity index (χ1v) is 13.1. The van der Waals surface area contributed by atoms with Crippen LogP contribution in [0.1, 0.15) is 55.3 Å². The Kier molecular flexibility index (Phi) is 8.98. The van der Waals surface area contributed by atoms with Crippen molar-refractivity contribution >= 4 is 46.4 Å². The van der Waals surface area contributed by atoms with Gasteiger partial charge in [0.05, 0.1) is 18.8 Å². The predicted octanol–water partition coefficient (Wildman–Crippen LogP) is 5.76. The average Bonchev–Trinajstić information content (AvgIpc) is 2.85. The van der Waals surface area contributed by atoms with Crippen molar-refractivity contribution in [1.29, 1.82) is 0 Å². The molecule has 0 radical (unpaired) electrons. The first kappa shape index (κ1) is 26.7. The molecule has 0 aliphatic carbocycles. The highest BCUT2D eigenvalue weighted by Gasteiger charge is 2.39. The molecule has 0 saturated carbocycles. The molecule has 2 aromatic carbocycles. The summed E-state index contributed by atoms with van der Waals surface area (Å²) in [5.74, 6) is -0.621. The van der Waals surface area contributed by atoms with E-state index in [-0.39, 0.29) is 24.7 Å². The quantitative estimate of drug-likeness (QED) is 0.455. The minimum absolute atomic E-state index is 0.00260. The molecular weight excluding hydrogens is 511 g/mol. The molecule has 2 saturated heterocycles. The van der Waals surface area contributed by atoms with Gasteiger partial charge in [0, 0.05) is 23.7 Å². The second kappa shape index (κ2) is 11.8.